The second-order valence-electron chi connectivity index (χ2n) is 7.84. The SMILES string of the molecule is CC(C)C(N)C(=O)OC([C]=O)C(CC(=O)OCc1ccccc1)OC(=O)C(N)C(C)C. The highest BCUT2D eigenvalue weighted by atomic mass is 16.6. The van der Waals surface area contributed by atoms with Gasteiger partial charge >= 0.3 is 17.9 Å². The fraction of sp³-hybridized carbons (Fsp3) is 0.545. The third-order valence-corrected chi connectivity index (χ3v) is 4.56. The van der Waals surface area contributed by atoms with Crippen molar-refractivity contribution in [3.05, 3.63) is 35.9 Å². The molecule has 4 N–H and O–H groups in total. The summed E-state index contributed by atoms with van der Waals surface area (Å²) in [5.74, 6) is -3.00. The van der Waals surface area contributed by atoms with Crippen molar-refractivity contribution >= 4 is 24.2 Å². The summed E-state index contributed by atoms with van der Waals surface area (Å²) < 4.78 is 15.5. The van der Waals surface area contributed by atoms with E-state index in [1.54, 1.807) is 52.0 Å². The molecule has 0 saturated heterocycles. The molecule has 1 rings (SSSR count). The molecule has 31 heavy (non-hydrogen) atoms. The Hall–Kier alpha value is -2.78. The molecule has 9 heteroatoms. The number of nitrogens with two attached hydrogens (primary N) is 2. The maximum absolute atomic E-state index is 12.3. The average Bonchev–Trinajstić information content (AvgIpc) is 2.74. The lowest BCUT2D eigenvalue weighted by Gasteiger charge is -2.26. The molecule has 0 heterocycles. The standard InChI is InChI=1S/C22H31N2O7/c1-13(2)19(23)21(27)30-16(17(11-25)31-22(28)20(24)14(3)4)10-18(26)29-12-15-8-6-5-7-9-15/h5-9,13-14,16-17,19-20H,10,12,23-24H2,1-4H3. The first-order valence-electron chi connectivity index (χ1n) is 10.1. The molecule has 0 aliphatic rings. The number of ether oxygens (including phenoxy) is 3. The van der Waals surface area contributed by atoms with E-state index in [9.17, 15) is 19.2 Å². The zero-order chi connectivity index (χ0) is 23.6. The summed E-state index contributed by atoms with van der Waals surface area (Å²) in [6.45, 7) is 6.80. The Morgan fingerprint density at radius 1 is 0.903 bits per heavy atom. The zero-order valence-corrected chi connectivity index (χ0v) is 18.3. The van der Waals surface area contributed by atoms with E-state index in [4.69, 9.17) is 25.7 Å². The minimum Gasteiger partial charge on any atom is -0.461 e. The van der Waals surface area contributed by atoms with Crippen LogP contribution in [0.5, 0.6) is 0 Å². The minimum absolute atomic E-state index is 0.0146. The molecule has 0 amide bonds. The van der Waals surface area contributed by atoms with Crippen LogP contribution in [0.4, 0.5) is 0 Å². The van der Waals surface area contributed by atoms with Gasteiger partial charge in [-0.3, -0.25) is 19.2 Å². The molecule has 1 aromatic rings. The highest BCUT2D eigenvalue weighted by molar-refractivity contribution is 5.80. The summed E-state index contributed by atoms with van der Waals surface area (Å²) in [4.78, 5) is 48.3. The molecule has 0 saturated carbocycles. The molecule has 4 atom stereocenters. The summed E-state index contributed by atoms with van der Waals surface area (Å²) in [6.07, 6.45) is -2.15. The van der Waals surface area contributed by atoms with Crippen LogP contribution in [0.3, 0.4) is 0 Å². The second-order valence-corrected chi connectivity index (χ2v) is 7.84. The van der Waals surface area contributed by atoms with Crippen LogP contribution in [-0.2, 0) is 40.0 Å². The lowest BCUT2D eigenvalue weighted by molar-refractivity contribution is -0.170. The van der Waals surface area contributed by atoms with Crippen molar-refractivity contribution < 1.29 is 33.4 Å². The molecule has 0 aliphatic carbocycles. The molecule has 171 valence electrons. The van der Waals surface area contributed by atoms with Gasteiger partial charge in [0.1, 0.15) is 18.7 Å². The number of carbonyl (C=O) groups excluding carboxylic acids is 4. The highest BCUT2D eigenvalue weighted by Crippen LogP contribution is 2.14. The van der Waals surface area contributed by atoms with E-state index in [1.165, 1.54) is 6.29 Å². The molecule has 1 radical (unpaired) electrons. The summed E-state index contributed by atoms with van der Waals surface area (Å²) >= 11 is 0. The summed E-state index contributed by atoms with van der Waals surface area (Å²) in [7, 11) is 0. The van der Waals surface area contributed by atoms with Gasteiger partial charge in [0.15, 0.2) is 6.10 Å². The van der Waals surface area contributed by atoms with Crippen molar-refractivity contribution in [3.8, 4) is 0 Å². The number of carbonyl (C=O) groups is 3. The van der Waals surface area contributed by atoms with Gasteiger partial charge in [0.2, 0.25) is 12.4 Å². The van der Waals surface area contributed by atoms with E-state index >= 15 is 0 Å². The Morgan fingerprint density at radius 3 is 1.90 bits per heavy atom. The third kappa shape index (κ3) is 8.85. The Balaban J connectivity index is 2.92. The zero-order valence-electron chi connectivity index (χ0n) is 18.3. The molecular formula is C22H31N2O7. The molecule has 0 bridgehead atoms. The molecule has 0 fully saturated rings. The van der Waals surface area contributed by atoms with Gasteiger partial charge in [-0.2, -0.15) is 0 Å². The fourth-order valence-corrected chi connectivity index (χ4v) is 2.32. The van der Waals surface area contributed by atoms with E-state index in [0.29, 0.717) is 0 Å². The van der Waals surface area contributed by atoms with Crippen LogP contribution < -0.4 is 11.5 Å². The molecule has 4 unspecified atom stereocenters. The summed E-state index contributed by atoms with van der Waals surface area (Å²) in [5.41, 5.74) is 12.3. The van der Waals surface area contributed by atoms with Crippen molar-refractivity contribution in [1.29, 1.82) is 0 Å². The molecule has 0 aromatic heterocycles. The monoisotopic (exact) mass is 435 g/mol. The fourth-order valence-electron chi connectivity index (χ4n) is 2.32. The number of benzene rings is 1. The molecule has 0 spiro atoms. The number of hydrogen-bond donors (Lipinski definition) is 2. The maximum atomic E-state index is 12.3. The van der Waals surface area contributed by atoms with Gasteiger partial charge in [0.25, 0.3) is 0 Å². The molecular weight excluding hydrogens is 404 g/mol. The quantitative estimate of drug-likeness (QED) is 0.362. The molecule has 9 nitrogen and oxygen atoms in total. The summed E-state index contributed by atoms with van der Waals surface area (Å²) in [5, 5.41) is 0. The van der Waals surface area contributed by atoms with Crippen LogP contribution in [0, 0.1) is 11.8 Å². The van der Waals surface area contributed by atoms with E-state index in [0.717, 1.165) is 5.56 Å². The topological polar surface area (TPSA) is 148 Å². The Bertz CT molecular complexity index is 737. The molecule has 1 aromatic carbocycles. The first-order valence-corrected chi connectivity index (χ1v) is 10.1. The van der Waals surface area contributed by atoms with E-state index in [2.05, 4.69) is 0 Å². The van der Waals surface area contributed by atoms with Crippen LogP contribution in [-0.4, -0.2) is 48.5 Å². The lowest BCUT2D eigenvalue weighted by Crippen LogP contribution is -2.46. The maximum Gasteiger partial charge on any atom is 0.324 e. The van der Waals surface area contributed by atoms with Gasteiger partial charge in [-0.25, -0.2) is 0 Å². The number of rotatable bonds is 12. The van der Waals surface area contributed by atoms with Crippen molar-refractivity contribution in [1.82, 2.24) is 0 Å². The van der Waals surface area contributed by atoms with Gasteiger partial charge < -0.3 is 25.7 Å². The predicted octanol–water partition coefficient (Wildman–Crippen LogP) is 1.02. The van der Waals surface area contributed by atoms with E-state index in [1.807, 2.05) is 6.07 Å². The van der Waals surface area contributed by atoms with Crippen molar-refractivity contribution in [2.45, 2.75) is 65.0 Å². The molecule has 0 aliphatic heterocycles. The van der Waals surface area contributed by atoms with Crippen molar-refractivity contribution in [2.24, 2.45) is 23.3 Å². The van der Waals surface area contributed by atoms with Gasteiger partial charge in [0, 0.05) is 0 Å². The number of hydrogen-bond acceptors (Lipinski definition) is 9. The Morgan fingerprint density at radius 2 is 1.42 bits per heavy atom. The minimum atomic E-state index is -1.66. The highest BCUT2D eigenvalue weighted by Gasteiger charge is 2.35. The first kappa shape index (κ1) is 26.3. The smallest absolute Gasteiger partial charge is 0.324 e. The van der Waals surface area contributed by atoms with Crippen LogP contribution in [0.1, 0.15) is 39.7 Å². The van der Waals surface area contributed by atoms with Crippen molar-refractivity contribution in [3.63, 3.8) is 0 Å². The van der Waals surface area contributed by atoms with Crippen LogP contribution in [0.25, 0.3) is 0 Å². The third-order valence-electron chi connectivity index (χ3n) is 4.56. The van der Waals surface area contributed by atoms with E-state index < -0.39 is 48.6 Å². The largest absolute Gasteiger partial charge is 0.461 e. The van der Waals surface area contributed by atoms with Crippen LogP contribution in [0.2, 0.25) is 0 Å². The van der Waals surface area contributed by atoms with Gasteiger partial charge in [-0.15, -0.1) is 0 Å². The second kappa shape index (κ2) is 12.8. The van der Waals surface area contributed by atoms with Gasteiger partial charge in [-0.1, -0.05) is 58.0 Å². The van der Waals surface area contributed by atoms with E-state index in [-0.39, 0.29) is 18.4 Å². The van der Waals surface area contributed by atoms with Crippen LogP contribution in [0.15, 0.2) is 30.3 Å². The normalized spacial score (nSPS) is 15.0. The predicted molar refractivity (Wildman–Crippen MR) is 112 cm³/mol. The number of esters is 3. The Labute approximate surface area is 182 Å². The van der Waals surface area contributed by atoms with Crippen molar-refractivity contribution in [2.75, 3.05) is 0 Å². The average molecular weight is 435 g/mol. The van der Waals surface area contributed by atoms with Crippen LogP contribution >= 0.6 is 0 Å². The first-order chi connectivity index (χ1) is 14.6. The summed E-state index contributed by atoms with van der Waals surface area (Å²) in [6, 6.07) is 6.93. The van der Waals surface area contributed by atoms with Gasteiger partial charge in [-0.05, 0) is 17.4 Å². The van der Waals surface area contributed by atoms with Gasteiger partial charge in [0.05, 0.1) is 6.42 Å². The Kier molecular flexibility index (Phi) is 10.8. The lowest BCUT2D eigenvalue weighted by atomic mass is 10.0.